The highest BCUT2D eigenvalue weighted by molar-refractivity contribution is 7.09. The highest BCUT2D eigenvalue weighted by Gasteiger charge is 2.27. The Balaban J connectivity index is 1.35. The Bertz CT molecular complexity index is 1620. The molecule has 38 heavy (non-hydrogen) atoms. The van der Waals surface area contributed by atoms with Crippen LogP contribution in [0.15, 0.2) is 64.8 Å². The minimum atomic E-state index is -0.288. The van der Waals surface area contributed by atoms with Crippen molar-refractivity contribution in [3.8, 4) is 11.5 Å². The summed E-state index contributed by atoms with van der Waals surface area (Å²) in [6, 6.07) is 15.8. The summed E-state index contributed by atoms with van der Waals surface area (Å²) in [5.41, 5.74) is 2.06. The second-order valence-electron chi connectivity index (χ2n) is 9.15. The van der Waals surface area contributed by atoms with Gasteiger partial charge in [0.25, 0.3) is 5.56 Å². The van der Waals surface area contributed by atoms with E-state index in [0.717, 1.165) is 17.4 Å². The predicted molar refractivity (Wildman–Crippen MR) is 141 cm³/mol. The number of fused-ring (bicyclic) bond motifs is 2. The Morgan fingerprint density at radius 3 is 2.71 bits per heavy atom. The summed E-state index contributed by atoms with van der Waals surface area (Å²) < 4.78 is 26.2. The van der Waals surface area contributed by atoms with Crippen LogP contribution in [0.25, 0.3) is 10.9 Å². The average Bonchev–Trinajstić information content (AvgIpc) is 3.68. The van der Waals surface area contributed by atoms with Crippen molar-refractivity contribution in [1.82, 2.24) is 30.1 Å². The van der Waals surface area contributed by atoms with Crippen molar-refractivity contribution in [3.05, 3.63) is 98.0 Å². The quantitative estimate of drug-likeness (QED) is 0.295. The number of halogens is 1. The summed E-state index contributed by atoms with van der Waals surface area (Å²) in [6.45, 7) is 3.67. The fourth-order valence-corrected chi connectivity index (χ4v) is 5.52. The van der Waals surface area contributed by atoms with Gasteiger partial charge in [0.1, 0.15) is 5.82 Å². The second-order valence-corrected chi connectivity index (χ2v) is 10.2. The molecule has 194 valence electrons. The SMILES string of the molecule is CC[C@@H](c1nnnn1Cc1ccc(F)cc1)N(Cc1cccs1)Cc1cc2cc3c(cc2[nH]c1=O)OCO3. The molecule has 2 aromatic carbocycles. The number of tetrazole rings is 1. The Morgan fingerprint density at radius 1 is 1.13 bits per heavy atom. The van der Waals surface area contributed by atoms with E-state index >= 15 is 0 Å². The van der Waals surface area contributed by atoms with Gasteiger partial charge in [-0.1, -0.05) is 25.1 Å². The van der Waals surface area contributed by atoms with Crippen molar-refractivity contribution in [2.75, 3.05) is 6.79 Å². The zero-order chi connectivity index (χ0) is 26.1. The Kier molecular flexibility index (Phi) is 6.61. The maximum atomic E-state index is 13.4. The minimum Gasteiger partial charge on any atom is -0.454 e. The van der Waals surface area contributed by atoms with Gasteiger partial charge < -0.3 is 14.5 Å². The van der Waals surface area contributed by atoms with Gasteiger partial charge in [0.2, 0.25) is 6.79 Å². The average molecular weight is 533 g/mol. The molecule has 11 heteroatoms. The van der Waals surface area contributed by atoms with Gasteiger partial charge in [-0.3, -0.25) is 9.69 Å². The van der Waals surface area contributed by atoms with Crippen LogP contribution in [0.1, 0.15) is 41.2 Å². The molecule has 6 rings (SSSR count). The van der Waals surface area contributed by atoms with Gasteiger partial charge in [0.05, 0.1) is 18.1 Å². The molecule has 0 saturated heterocycles. The van der Waals surface area contributed by atoms with Crippen LogP contribution < -0.4 is 15.0 Å². The van der Waals surface area contributed by atoms with Gasteiger partial charge in [-0.05, 0) is 58.1 Å². The molecule has 3 aromatic heterocycles. The number of H-pyrrole nitrogens is 1. The third-order valence-electron chi connectivity index (χ3n) is 6.66. The molecule has 1 aliphatic heterocycles. The number of thiophene rings is 1. The molecule has 0 spiro atoms. The van der Waals surface area contributed by atoms with Crippen LogP contribution in [0, 0.1) is 5.82 Å². The number of ether oxygens (including phenoxy) is 2. The summed E-state index contributed by atoms with van der Waals surface area (Å²) in [7, 11) is 0. The van der Waals surface area contributed by atoms with E-state index in [1.807, 2.05) is 23.6 Å². The fraction of sp³-hybridized carbons (Fsp3) is 0.259. The lowest BCUT2D eigenvalue weighted by molar-refractivity contribution is 0.163. The maximum absolute atomic E-state index is 13.4. The van der Waals surface area contributed by atoms with E-state index in [-0.39, 0.29) is 24.2 Å². The molecular weight excluding hydrogens is 507 g/mol. The molecule has 0 fully saturated rings. The molecule has 1 aliphatic rings. The van der Waals surface area contributed by atoms with Crippen LogP contribution in [-0.2, 0) is 19.6 Å². The van der Waals surface area contributed by atoms with Crippen molar-refractivity contribution in [2.45, 2.75) is 39.0 Å². The van der Waals surface area contributed by atoms with E-state index in [1.54, 1.807) is 34.2 Å². The van der Waals surface area contributed by atoms with E-state index in [9.17, 15) is 9.18 Å². The molecule has 0 aliphatic carbocycles. The van der Waals surface area contributed by atoms with E-state index in [0.29, 0.717) is 48.0 Å². The molecule has 0 saturated carbocycles. The second kappa shape index (κ2) is 10.3. The smallest absolute Gasteiger partial charge is 0.252 e. The van der Waals surface area contributed by atoms with E-state index in [4.69, 9.17) is 9.47 Å². The summed E-state index contributed by atoms with van der Waals surface area (Å²) in [5.74, 6) is 1.69. The van der Waals surface area contributed by atoms with Gasteiger partial charge >= 0.3 is 0 Å². The van der Waals surface area contributed by atoms with Gasteiger partial charge in [0, 0.05) is 35.0 Å². The third kappa shape index (κ3) is 4.90. The molecule has 9 nitrogen and oxygen atoms in total. The van der Waals surface area contributed by atoms with Crippen molar-refractivity contribution in [1.29, 1.82) is 0 Å². The summed E-state index contributed by atoms with van der Waals surface area (Å²) in [6.07, 6.45) is 0.722. The molecule has 1 atom stereocenters. The zero-order valence-electron chi connectivity index (χ0n) is 20.6. The molecule has 4 heterocycles. The number of nitrogens with zero attached hydrogens (tertiary/aromatic N) is 5. The fourth-order valence-electron chi connectivity index (χ4n) is 4.79. The lowest BCUT2D eigenvalue weighted by atomic mass is 10.1. The standard InChI is InChI=1S/C27H25FN6O3S/c1-2-23(26-30-31-32-34(26)13-17-5-7-20(28)8-6-17)33(15-21-4-3-9-38-21)14-19-10-18-11-24-25(37-16-36-24)12-22(18)29-27(19)35/h3-12,23H,2,13-16H2,1H3,(H,29,35)/t23-/m0/s1. The van der Waals surface area contributed by atoms with Crippen LogP contribution in [0.2, 0.25) is 0 Å². The topological polar surface area (TPSA) is 98.2 Å². The number of benzene rings is 2. The summed E-state index contributed by atoms with van der Waals surface area (Å²) in [5, 5.41) is 15.5. The van der Waals surface area contributed by atoms with E-state index < -0.39 is 0 Å². The first-order valence-corrected chi connectivity index (χ1v) is 13.2. The molecule has 0 unspecified atom stereocenters. The monoisotopic (exact) mass is 532 g/mol. The van der Waals surface area contributed by atoms with Crippen molar-refractivity contribution in [2.24, 2.45) is 0 Å². The first-order chi connectivity index (χ1) is 18.6. The minimum absolute atomic E-state index is 0.159. The lowest BCUT2D eigenvalue weighted by Crippen LogP contribution is -2.32. The third-order valence-corrected chi connectivity index (χ3v) is 7.52. The van der Waals surface area contributed by atoms with Crippen LogP contribution in [0.3, 0.4) is 0 Å². The Morgan fingerprint density at radius 2 is 1.95 bits per heavy atom. The number of rotatable bonds is 9. The molecule has 5 aromatic rings. The Hall–Kier alpha value is -4.09. The highest BCUT2D eigenvalue weighted by Crippen LogP contribution is 2.35. The van der Waals surface area contributed by atoms with E-state index in [1.165, 1.54) is 17.0 Å². The highest BCUT2D eigenvalue weighted by atomic mass is 32.1. The summed E-state index contributed by atoms with van der Waals surface area (Å²) in [4.78, 5) is 19.6. The van der Waals surface area contributed by atoms with Gasteiger partial charge in [-0.25, -0.2) is 9.07 Å². The number of aromatic nitrogens is 5. The molecular formula is C27H25FN6O3S. The zero-order valence-corrected chi connectivity index (χ0v) is 21.4. The maximum Gasteiger partial charge on any atom is 0.252 e. The molecule has 1 N–H and O–H groups in total. The Labute approximate surface area is 221 Å². The first kappa shape index (κ1) is 24.3. The number of nitrogens with one attached hydrogen (secondary N) is 1. The number of aromatic amines is 1. The number of pyridine rings is 1. The van der Waals surface area contributed by atoms with Crippen LogP contribution in [0.5, 0.6) is 11.5 Å². The molecule has 0 radical (unpaired) electrons. The van der Waals surface area contributed by atoms with Crippen molar-refractivity contribution in [3.63, 3.8) is 0 Å². The van der Waals surface area contributed by atoms with Crippen LogP contribution in [0.4, 0.5) is 4.39 Å². The normalized spacial score (nSPS) is 13.4. The molecule has 0 bridgehead atoms. The van der Waals surface area contributed by atoms with E-state index in [2.05, 4.69) is 38.4 Å². The largest absolute Gasteiger partial charge is 0.454 e. The number of hydrogen-bond donors (Lipinski definition) is 1. The van der Waals surface area contributed by atoms with Gasteiger partial charge in [0.15, 0.2) is 17.3 Å². The van der Waals surface area contributed by atoms with Crippen molar-refractivity contribution < 1.29 is 13.9 Å². The molecule has 0 amide bonds. The van der Waals surface area contributed by atoms with Gasteiger partial charge in [-0.15, -0.1) is 16.4 Å². The first-order valence-electron chi connectivity index (χ1n) is 12.3. The summed E-state index contributed by atoms with van der Waals surface area (Å²) >= 11 is 1.66. The number of hydrogen-bond acceptors (Lipinski definition) is 8. The lowest BCUT2D eigenvalue weighted by Gasteiger charge is -2.30. The van der Waals surface area contributed by atoms with Crippen molar-refractivity contribution >= 4 is 22.2 Å². The predicted octanol–water partition coefficient (Wildman–Crippen LogP) is 4.65. The van der Waals surface area contributed by atoms with Crippen LogP contribution >= 0.6 is 11.3 Å². The van der Waals surface area contributed by atoms with Crippen LogP contribution in [-0.4, -0.2) is 36.9 Å². The van der Waals surface area contributed by atoms with Gasteiger partial charge in [-0.2, -0.15) is 0 Å².